The molecule has 0 aliphatic rings. The summed E-state index contributed by atoms with van der Waals surface area (Å²) < 4.78 is 2.22. The maximum Gasteiger partial charge on any atom is 0.218 e. The average molecular weight is 453 g/mol. The van der Waals surface area contributed by atoms with Crippen LogP contribution in [0.25, 0.3) is 22.1 Å². The van der Waals surface area contributed by atoms with E-state index in [1.54, 1.807) is 6.20 Å². The van der Waals surface area contributed by atoms with Gasteiger partial charge in [-0.2, -0.15) is 0 Å². The number of unbranched alkanes of at least 4 members (excludes halogenated alkanes) is 1. The van der Waals surface area contributed by atoms with Crippen molar-refractivity contribution in [2.45, 2.75) is 51.5 Å². The molecule has 3 aromatic heterocycles. The molecule has 0 spiro atoms. The number of hydrogen-bond donors (Lipinski definition) is 2. The summed E-state index contributed by atoms with van der Waals surface area (Å²) in [6, 6.07) is 13.8. The molecule has 0 aliphatic heterocycles. The molecule has 3 heterocycles. The Hall–Kier alpha value is -3.19. The number of carbonyl (C=O) groups is 1. The zero-order valence-electron chi connectivity index (χ0n) is 18.2. The van der Waals surface area contributed by atoms with Gasteiger partial charge in [0.2, 0.25) is 5.91 Å². The van der Waals surface area contributed by atoms with Crippen molar-refractivity contribution in [1.82, 2.24) is 19.5 Å². The Kier molecular flexibility index (Phi) is 7.64. The number of rotatable bonds is 9. The van der Waals surface area contributed by atoms with Crippen LogP contribution >= 0.6 is 12.4 Å². The fourth-order valence-electron chi connectivity index (χ4n) is 4.18. The van der Waals surface area contributed by atoms with Crippen LogP contribution < -0.4 is 11.5 Å². The van der Waals surface area contributed by atoms with Crippen molar-refractivity contribution < 1.29 is 4.79 Å². The van der Waals surface area contributed by atoms with Gasteiger partial charge in [0, 0.05) is 25.6 Å². The van der Waals surface area contributed by atoms with Crippen LogP contribution in [0, 0.1) is 0 Å². The van der Waals surface area contributed by atoms with Gasteiger partial charge in [-0.15, -0.1) is 12.4 Å². The zero-order valence-corrected chi connectivity index (χ0v) is 19.0. The molecule has 7 nitrogen and oxygen atoms in total. The van der Waals surface area contributed by atoms with Crippen LogP contribution in [-0.4, -0.2) is 25.4 Å². The molecule has 8 heteroatoms. The molecule has 0 saturated carbocycles. The van der Waals surface area contributed by atoms with Gasteiger partial charge in [0.15, 0.2) is 5.82 Å². The summed E-state index contributed by atoms with van der Waals surface area (Å²) in [5.74, 6) is 1.14. The minimum atomic E-state index is -0.295. The highest BCUT2D eigenvalue weighted by Gasteiger charge is 2.20. The smallest absolute Gasteiger partial charge is 0.218 e. The number of imidazole rings is 1. The lowest BCUT2D eigenvalue weighted by Gasteiger charge is -2.18. The van der Waals surface area contributed by atoms with Crippen molar-refractivity contribution in [3.8, 4) is 0 Å². The monoisotopic (exact) mass is 452 g/mol. The SMILES string of the molecule is CCCCc1nc2c(N)nc3cccnc3c2n1CCC(CC(N)=O)c1ccccc1.Cl. The standard InChI is InChI=1S/C24H28N6O.ClH/c1-2-3-11-20-29-22-23(21-18(28-24(22)26)10-7-13-27-21)30(20)14-12-17(15-19(25)31)16-8-5-4-6-9-16;/h4-10,13,17H,2-3,11-12,14-15H2,1H3,(H2,25,31)(H2,26,28);1H. The van der Waals surface area contributed by atoms with Gasteiger partial charge in [0.1, 0.15) is 22.4 Å². The summed E-state index contributed by atoms with van der Waals surface area (Å²) in [6.45, 7) is 2.86. The fraction of sp³-hybridized carbons (Fsp3) is 0.333. The Morgan fingerprint density at radius 2 is 1.88 bits per heavy atom. The maximum absolute atomic E-state index is 11.8. The zero-order chi connectivity index (χ0) is 21.8. The van der Waals surface area contributed by atoms with E-state index in [4.69, 9.17) is 16.5 Å². The van der Waals surface area contributed by atoms with Crippen LogP contribution in [0.15, 0.2) is 48.7 Å². The third kappa shape index (κ3) is 4.83. The Labute approximate surface area is 193 Å². The van der Waals surface area contributed by atoms with Crippen molar-refractivity contribution >= 4 is 46.2 Å². The number of halogens is 1. The Morgan fingerprint density at radius 1 is 1.09 bits per heavy atom. The van der Waals surface area contributed by atoms with E-state index in [1.165, 1.54) is 0 Å². The molecule has 32 heavy (non-hydrogen) atoms. The van der Waals surface area contributed by atoms with Crippen molar-refractivity contribution in [3.63, 3.8) is 0 Å². The highest BCUT2D eigenvalue weighted by molar-refractivity contribution is 6.04. The Balaban J connectivity index is 0.00000289. The number of nitrogens with two attached hydrogens (primary N) is 2. The first-order valence-corrected chi connectivity index (χ1v) is 10.8. The number of primary amides is 1. The lowest BCUT2D eigenvalue weighted by molar-refractivity contribution is -0.118. The van der Waals surface area contributed by atoms with Gasteiger partial charge in [-0.25, -0.2) is 9.97 Å². The van der Waals surface area contributed by atoms with E-state index in [-0.39, 0.29) is 24.2 Å². The molecule has 168 valence electrons. The van der Waals surface area contributed by atoms with E-state index in [0.29, 0.717) is 24.3 Å². The lowest BCUT2D eigenvalue weighted by Crippen LogP contribution is -2.17. The number of amides is 1. The maximum atomic E-state index is 11.8. The van der Waals surface area contributed by atoms with Crippen molar-refractivity contribution in [1.29, 1.82) is 0 Å². The molecule has 0 radical (unpaired) electrons. The summed E-state index contributed by atoms with van der Waals surface area (Å²) in [7, 11) is 0. The minimum Gasteiger partial charge on any atom is -0.382 e. The molecule has 0 bridgehead atoms. The Morgan fingerprint density at radius 3 is 2.59 bits per heavy atom. The van der Waals surface area contributed by atoms with E-state index in [9.17, 15) is 4.79 Å². The van der Waals surface area contributed by atoms with Gasteiger partial charge in [-0.05, 0) is 36.5 Å². The van der Waals surface area contributed by atoms with Crippen molar-refractivity contribution in [3.05, 3.63) is 60.0 Å². The Bertz CT molecular complexity index is 1210. The first-order chi connectivity index (χ1) is 15.1. The third-order valence-electron chi connectivity index (χ3n) is 5.71. The molecule has 0 aliphatic carbocycles. The van der Waals surface area contributed by atoms with Crippen molar-refractivity contribution in [2.24, 2.45) is 5.73 Å². The van der Waals surface area contributed by atoms with Crippen molar-refractivity contribution in [2.75, 3.05) is 5.73 Å². The van der Waals surface area contributed by atoms with Crippen LogP contribution in [0.2, 0.25) is 0 Å². The van der Waals surface area contributed by atoms with Crippen LogP contribution in [0.5, 0.6) is 0 Å². The summed E-state index contributed by atoms with van der Waals surface area (Å²) in [5, 5.41) is 0. The molecule has 0 fully saturated rings. The number of pyridine rings is 2. The van der Waals surface area contributed by atoms with E-state index < -0.39 is 0 Å². The van der Waals surface area contributed by atoms with Crippen LogP contribution in [0.3, 0.4) is 0 Å². The summed E-state index contributed by atoms with van der Waals surface area (Å²) in [5.41, 5.74) is 16.1. The van der Waals surface area contributed by atoms with Gasteiger partial charge in [0.05, 0.1) is 5.52 Å². The number of carbonyl (C=O) groups excluding carboxylic acids is 1. The molecule has 4 N–H and O–H groups in total. The minimum absolute atomic E-state index is 0. The average Bonchev–Trinajstić information content (AvgIpc) is 3.15. The molecule has 4 aromatic rings. The predicted molar refractivity (Wildman–Crippen MR) is 131 cm³/mol. The van der Waals surface area contributed by atoms with E-state index in [0.717, 1.165) is 53.6 Å². The topological polar surface area (TPSA) is 113 Å². The molecule has 1 unspecified atom stereocenters. The van der Waals surface area contributed by atoms with E-state index >= 15 is 0 Å². The number of nitrogens with zero attached hydrogens (tertiary/aromatic N) is 4. The normalized spacial score (nSPS) is 12.0. The molecular weight excluding hydrogens is 424 g/mol. The van der Waals surface area contributed by atoms with Crippen LogP contribution in [0.1, 0.15) is 49.9 Å². The number of aromatic nitrogens is 4. The number of nitrogen functional groups attached to an aromatic ring is 1. The van der Waals surface area contributed by atoms with Gasteiger partial charge in [-0.3, -0.25) is 9.78 Å². The summed E-state index contributed by atoms with van der Waals surface area (Å²) in [4.78, 5) is 25.7. The number of benzene rings is 1. The van der Waals surface area contributed by atoms with Gasteiger partial charge in [0.25, 0.3) is 0 Å². The second-order valence-corrected chi connectivity index (χ2v) is 7.92. The fourth-order valence-corrected chi connectivity index (χ4v) is 4.18. The quantitative estimate of drug-likeness (QED) is 0.391. The third-order valence-corrected chi connectivity index (χ3v) is 5.71. The van der Waals surface area contributed by atoms with Gasteiger partial charge < -0.3 is 16.0 Å². The molecule has 1 aromatic carbocycles. The number of aryl methyl sites for hydroxylation is 2. The molecule has 4 rings (SSSR count). The summed E-state index contributed by atoms with van der Waals surface area (Å²) >= 11 is 0. The first kappa shape index (κ1) is 23.5. The largest absolute Gasteiger partial charge is 0.382 e. The van der Waals surface area contributed by atoms with Gasteiger partial charge in [-0.1, -0.05) is 43.7 Å². The number of hydrogen-bond acceptors (Lipinski definition) is 5. The van der Waals surface area contributed by atoms with Crippen LogP contribution in [-0.2, 0) is 17.8 Å². The molecule has 0 saturated heterocycles. The van der Waals surface area contributed by atoms with Crippen LogP contribution in [0.4, 0.5) is 5.82 Å². The van der Waals surface area contributed by atoms with E-state index in [1.807, 2.05) is 30.3 Å². The number of fused-ring (bicyclic) bond motifs is 3. The van der Waals surface area contributed by atoms with Gasteiger partial charge >= 0.3 is 0 Å². The highest BCUT2D eigenvalue weighted by Crippen LogP contribution is 2.30. The second kappa shape index (κ2) is 10.4. The summed E-state index contributed by atoms with van der Waals surface area (Å²) in [6.07, 6.45) is 5.79. The lowest BCUT2D eigenvalue weighted by atomic mass is 9.92. The number of anilines is 1. The predicted octanol–water partition coefficient (Wildman–Crippen LogP) is 4.38. The highest BCUT2D eigenvalue weighted by atomic mass is 35.5. The van der Waals surface area contributed by atoms with E-state index in [2.05, 4.69) is 33.6 Å². The molecule has 1 atom stereocenters. The molecule has 1 amide bonds. The first-order valence-electron chi connectivity index (χ1n) is 10.8. The molecular formula is C24H29ClN6O. The second-order valence-electron chi connectivity index (χ2n) is 7.92.